The first kappa shape index (κ1) is 18.4. The topological polar surface area (TPSA) is 84.4 Å². The minimum atomic E-state index is 0.0221. The summed E-state index contributed by atoms with van der Waals surface area (Å²) < 4.78 is 6.33. The van der Waals surface area contributed by atoms with Crippen LogP contribution in [0.5, 0.6) is 0 Å². The van der Waals surface area contributed by atoms with Gasteiger partial charge in [-0.3, -0.25) is 9.59 Å². The Morgan fingerprint density at radius 3 is 3.15 bits per heavy atom. The molecule has 0 spiro atoms. The third-order valence-corrected chi connectivity index (χ3v) is 6.73. The first-order chi connectivity index (χ1) is 13.1. The van der Waals surface area contributed by atoms with Crippen LogP contribution in [0.3, 0.4) is 0 Å². The second kappa shape index (κ2) is 7.95. The summed E-state index contributed by atoms with van der Waals surface area (Å²) in [5.41, 5.74) is 2.43. The summed E-state index contributed by atoms with van der Waals surface area (Å²) in [6.45, 7) is 1.57. The highest BCUT2D eigenvalue weighted by atomic mass is 32.2. The van der Waals surface area contributed by atoms with Crippen LogP contribution in [0.1, 0.15) is 28.8 Å². The molecule has 2 aliphatic rings. The van der Waals surface area contributed by atoms with E-state index in [4.69, 9.17) is 4.74 Å². The average Bonchev–Trinajstić information content (AvgIpc) is 3.40. The predicted molar refractivity (Wildman–Crippen MR) is 106 cm³/mol. The van der Waals surface area contributed by atoms with E-state index in [9.17, 15) is 9.59 Å². The van der Waals surface area contributed by atoms with Crippen LogP contribution in [0.25, 0.3) is 0 Å². The predicted octanol–water partition coefficient (Wildman–Crippen LogP) is 2.62. The molecular weight excluding hydrogens is 384 g/mol. The molecule has 1 amide bonds. The van der Waals surface area contributed by atoms with Crippen LogP contribution < -0.4 is 10.2 Å². The van der Waals surface area contributed by atoms with Gasteiger partial charge in [0.05, 0.1) is 18.3 Å². The zero-order valence-electron chi connectivity index (χ0n) is 14.9. The molecule has 1 aromatic carbocycles. The summed E-state index contributed by atoms with van der Waals surface area (Å²) in [5.74, 6) is 0.373. The third kappa shape index (κ3) is 4.15. The van der Waals surface area contributed by atoms with Gasteiger partial charge in [-0.1, -0.05) is 23.1 Å². The van der Waals surface area contributed by atoms with Crippen molar-refractivity contribution in [3.8, 4) is 0 Å². The van der Waals surface area contributed by atoms with Crippen molar-refractivity contribution in [3.05, 3.63) is 29.3 Å². The van der Waals surface area contributed by atoms with Gasteiger partial charge >= 0.3 is 0 Å². The molecule has 0 radical (unpaired) electrons. The molecular formula is C18H20N4O3S2. The molecule has 2 aromatic rings. The van der Waals surface area contributed by atoms with E-state index in [1.54, 1.807) is 18.0 Å². The number of fused-ring (bicyclic) bond motifs is 1. The van der Waals surface area contributed by atoms with Crippen molar-refractivity contribution < 1.29 is 14.3 Å². The Bertz CT molecular complexity index is 864. The Balaban J connectivity index is 1.31. The standard InChI is InChI=1S/C18H20N4O3S2/c1-22-14-5-4-11(7-12(14)8-16(22)24)15(23)10-26-18-21-20-17(27-18)19-9-13-3-2-6-25-13/h4-5,7,13H,2-3,6,8-10H2,1H3,(H,19,20). The molecule has 1 aromatic heterocycles. The average molecular weight is 405 g/mol. The highest BCUT2D eigenvalue weighted by Gasteiger charge is 2.24. The number of ketones is 1. The molecule has 1 atom stereocenters. The highest BCUT2D eigenvalue weighted by molar-refractivity contribution is 8.01. The minimum Gasteiger partial charge on any atom is -0.376 e. The number of Topliss-reactive ketones (excluding diaryl/α,β-unsaturated/α-hetero) is 1. The fraction of sp³-hybridized carbons (Fsp3) is 0.444. The van der Waals surface area contributed by atoms with Gasteiger partial charge in [0.2, 0.25) is 11.0 Å². The number of rotatable bonds is 7. The van der Waals surface area contributed by atoms with Gasteiger partial charge in [-0.25, -0.2) is 0 Å². The lowest BCUT2D eigenvalue weighted by Crippen LogP contribution is -2.20. The van der Waals surface area contributed by atoms with Crippen molar-refractivity contribution in [1.82, 2.24) is 10.2 Å². The highest BCUT2D eigenvalue weighted by Crippen LogP contribution is 2.30. The van der Waals surface area contributed by atoms with Gasteiger partial charge in [-0.2, -0.15) is 0 Å². The van der Waals surface area contributed by atoms with E-state index in [1.165, 1.54) is 23.1 Å². The van der Waals surface area contributed by atoms with Crippen molar-refractivity contribution in [2.75, 3.05) is 36.2 Å². The van der Waals surface area contributed by atoms with Crippen molar-refractivity contribution >= 4 is 45.6 Å². The number of nitrogens with zero attached hydrogens (tertiary/aromatic N) is 3. The van der Waals surface area contributed by atoms with E-state index in [1.807, 2.05) is 12.1 Å². The van der Waals surface area contributed by atoms with Gasteiger partial charge in [-0.15, -0.1) is 10.2 Å². The summed E-state index contributed by atoms with van der Waals surface area (Å²) in [5, 5.41) is 12.2. The van der Waals surface area contributed by atoms with Crippen molar-refractivity contribution in [1.29, 1.82) is 0 Å². The Hall–Kier alpha value is -1.97. The Morgan fingerprint density at radius 1 is 1.44 bits per heavy atom. The lowest BCUT2D eigenvalue weighted by atomic mass is 10.1. The molecule has 142 valence electrons. The maximum absolute atomic E-state index is 12.5. The van der Waals surface area contributed by atoms with Gasteiger partial charge in [0.15, 0.2) is 10.1 Å². The quantitative estimate of drug-likeness (QED) is 0.561. The molecule has 0 aliphatic carbocycles. The van der Waals surface area contributed by atoms with E-state index in [2.05, 4.69) is 15.5 Å². The Labute approximate surface area is 165 Å². The number of hydrogen-bond donors (Lipinski definition) is 1. The number of amides is 1. The Morgan fingerprint density at radius 2 is 2.33 bits per heavy atom. The fourth-order valence-corrected chi connectivity index (χ4v) is 4.85. The van der Waals surface area contributed by atoms with E-state index < -0.39 is 0 Å². The van der Waals surface area contributed by atoms with Crippen LogP contribution in [0.4, 0.5) is 10.8 Å². The van der Waals surface area contributed by atoms with Gasteiger partial charge in [0.1, 0.15) is 0 Å². The van der Waals surface area contributed by atoms with Crippen LogP contribution in [-0.2, 0) is 16.0 Å². The number of aromatic nitrogens is 2. The number of carbonyl (C=O) groups is 2. The third-order valence-electron chi connectivity index (χ3n) is 4.72. The van der Waals surface area contributed by atoms with Crippen molar-refractivity contribution in [3.63, 3.8) is 0 Å². The monoisotopic (exact) mass is 404 g/mol. The molecule has 1 fully saturated rings. The van der Waals surface area contributed by atoms with Crippen LogP contribution in [0.15, 0.2) is 22.5 Å². The van der Waals surface area contributed by atoms with Gasteiger partial charge in [0, 0.05) is 31.5 Å². The number of benzene rings is 1. The van der Waals surface area contributed by atoms with Gasteiger partial charge in [0.25, 0.3) is 0 Å². The SMILES string of the molecule is CN1C(=O)Cc2cc(C(=O)CSc3nnc(NCC4CCCO4)s3)ccc21. The van der Waals surface area contributed by atoms with E-state index in [0.29, 0.717) is 17.7 Å². The smallest absolute Gasteiger partial charge is 0.231 e. The number of nitrogens with one attached hydrogen (secondary N) is 1. The number of carbonyl (C=O) groups excluding carboxylic acids is 2. The fourth-order valence-electron chi connectivity index (χ4n) is 3.20. The van der Waals surface area contributed by atoms with E-state index in [-0.39, 0.29) is 17.8 Å². The lowest BCUT2D eigenvalue weighted by Gasteiger charge is -2.10. The largest absolute Gasteiger partial charge is 0.376 e. The second-order valence-corrected chi connectivity index (χ2v) is 8.77. The number of ether oxygens (including phenoxy) is 1. The van der Waals surface area contributed by atoms with Crippen LogP contribution in [0, 0.1) is 0 Å². The van der Waals surface area contributed by atoms with E-state index in [0.717, 1.165) is 46.7 Å². The molecule has 4 rings (SSSR count). The molecule has 1 unspecified atom stereocenters. The number of thioether (sulfide) groups is 1. The van der Waals surface area contributed by atoms with Gasteiger partial charge < -0.3 is 15.0 Å². The molecule has 0 bridgehead atoms. The molecule has 1 saturated heterocycles. The zero-order valence-corrected chi connectivity index (χ0v) is 16.6. The zero-order chi connectivity index (χ0) is 18.8. The first-order valence-electron chi connectivity index (χ1n) is 8.84. The number of anilines is 2. The van der Waals surface area contributed by atoms with E-state index >= 15 is 0 Å². The van der Waals surface area contributed by atoms with Crippen LogP contribution in [-0.4, -0.2) is 53.9 Å². The molecule has 0 saturated carbocycles. The first-order valence-corrected chi connectivity index (χ1v) is 10.6. The molecule has 7 nitrogen and oxygen atoms in total. The summed E-state index contributed by atoms with van der Waals surface area (Å²) >= 11 is 2.83. The molecule has 9 heteroatoms. The molecule has 2 aliphatic heterocycles. The number of hydrogen-bond acceptors (Lipinski definition) is 8. The molecule has 27 heavy (non-hydrogen) atoms. The number of likely N-dealkylation sites (N-methyl/N-ethyl adjacent to an activating group) is 1. The Kier molecular flexibility index (Phi) is 5.42. The van der Waals surface area contributed by atoms with Crippen LogP contribution >= 0.6 is 23.1 Å². The minimum absolute atomic E-state index is 0.0221. The molecule has 1 N–H and O–H groups in total. The lowest BCUT2D eigenvalue weighted by molar-refractivity contribution is -0.117. The summed E-state index contributed by atoms with van der Waals surface area (Å²) in [6.07, 6.45) is 2.79. The van der Waals surface area contributed by atoms with Crippen LogP contribution in [0.2, 0.25) is 0 Å². The summed E-state index contributed by atoms with van der Waals surface area (Å²) in [4.78, 5) is 25.9. The maximum atomic E-state index is 12.5. The van der Waals surface area contributed by atoms with Crippen molar-refractivity contribution in [2.45, 2.75) is 29.7 Å². The molecule has 3 heterocycles. The van der Waals surface area contributed by atoms with Crippen molar-refractivity contribution in [2.24, 2.45) is 0 Å². The second-order valence-electron chi connectivity index (χ2n) is 6.57. The normalized spacial score (nSPS) is 18.8. The maximum Gasteiger partial charge on any atom is 0.231 e. The van der Waals surface area contributed by atoms with Gasteiger partial charge in [-0.05, 0) is 36.6 Å². The summed E-state index contributed by atoms with van der Waals surface area (Å²) in [7, 11) is 1.76. The summed E-state index contributed by atoms with van der Waals surface area (Å²) in [6, 6.07) is 5.45.